The summed E-state index contributed by atoms with van der Waals surface area (Å²) in [5.41, 5.74) is 11.9. The first kappa shape index (κ1) is 25.4. The molecule has 0 unspecified atom stereocenters. The van der Waals surface area contributed by atoms with Crippen molar-refractivity contribution in [3.8, 4) is 11.1 Å². The molecule has 3 atom stereocenters. The van der Waals surface area contributed by atoms with Crippen molar-refractivity contribution in [1.82, 2.24) is 0 Å². The molecule has 1 aromatic heterocycles. The van der Waals surface area contributed by atoms with Crippen LogP contribution in [0.4, 0.5) is 0 Å². The van der Waals surface area contributed by atoms with Gasteiger partial charge in [-0.1, -0.05) is 72.4 Å². The zero-order valence-electron chi connectivity index (χ0n) is 20.4. The van der Waals surface area contributed by atoms with E-state index in [9.17, 15) is 10.3 Å². The second-order valence-corrected chi connectivity index (χ2v) is 10.1. The number of benzene rings is 3. The lowest BCUT2D eigenvalue weighted by Gasteiger charge is -2.36. The largest absolute Gasteiger partial charge is 0.618 e. The van der Waals surface area contributed by atoms with Crippen molar-refractivity contribution >= 4 is 11.8 Å². The molecule has 1 saturated heterocycles. The van der Waals surface area contributed by atoms with Crippen LogP contribution in [0.5, 0.6) is 0 Å². The van der Waals surface area contributed by atoms with Crippen LogP contribution in [0, 0.1) is 5.21 Å². The van der Waals surface area contributed by atoms with E-state index in [1.54, 1.807) is 6.07 Å². The van der Waals surface area contributed by atoms with E-state index in [-0.39, 0.29) is 18.8 Å². The average molecular weight is 515 g/mol. The second kappa shape index (κ2) is 11.9. The Labute approximate surface area is 221 Å². The number of aliphatic hydroxyl groups is 1. The van der Waals surface area contributed by atoms with E-state index >= 15 is 0 Å². The Hall–Kier alpha value is -3.20. The molecule has 0 radical (unpaired) electrons. The van der Waals surface area contributed by atoms with Crippen molar-refractivity contribution in [3.63, 3.8) is 0 Å². The summed E-state index contributed by atoms with van der Waals surface area (Å²) in [6, 6.07) is 29.7. The van der Waals surface area contributed by atoms with Gasteiger partial charge in [-0.05, 0) is 46.0 Å². The topological polar surface area (TPSA) is 91.7 Å². The van der Waals surface area contributed by atoms with Gasteiger partial charge in [-0.3, -0.25) is 0 Å². The lowest BCUT2D eigenvalue weighted by Crippen LogP contribution is -2.32. The lowest BCUT2D eigenvalue weighted by atomic mass is 9.99. The number of ether oxygens (including phenoxy) is 2. The minimum atomic E-state index is -0.561. The number of aromatic nitrogens is 1. The smallest absolute Gasteiger partial charge is 0.251 e. The fraction of sp³-hybridized carbons (Fsp3) is 0.233. The maximum Gasteiger partial charge on any atom is 0.251 e. The summed E-state index contributed by atoms with van der Waals surface area (Å²) in [6.07, 6.45) is 1.29. The first-order valence-electron chi connectivity index (χ1n) is 12.3. The molecule has 0 aliphatic carbocycles. The van der Waals surface area contributed by atoms with Crippen molar-refractivity contribution in [2.75, 3.05) is 5.75 Å². The van der Waals surface area contributed by atoms with Crippen LogP contribution in [0.2, 0.25) is 0 Å². The summed E-state index contributed by atoms with van der Waals surface area (Å²) in [7, 11) is 0. The minimum absolute atomic E-state index is 0.00121. The maximum atomic E-state index is 12.1. The summed E-state index contributed by atoms with van der Waals surface area (Å²) in [4.78, 5) is 0. The van der Waals surface area contributed by atoms with Gasteiger partial charge in [0.15, 0.2) is 12.5 Å². The van der Waals surface area contributed by atoms with Crippen LogP contribution in [0.25, 0.3) is 11.1 Å². The standard InChI is InChI=1S/C30H30N2O4S/c31-18-22-5-3-6-24(15-22)25-7-4-8-26(16-25)30-35-27(20-37-29-9-1-2-14-32(29)34)17-28(36-30)23-12-10-21(19-33)11-13-23/h1-16,27-28,30,33H,17-20,31H2/t27-,28+,30+/m0/s1. The van der Waals surface area contributed by atoms with E-state index in [2.05, 4.69) is 24.3 Å². The number of hydrogen-bond donors (Lipinski definition) is 2. The third-order valence-corrected chi connectivity index (χ3v) is 7.63. The molecule has 0 spiro atoms. The van der Waals surface area contributed by atoms with Gasteiger partial charge in [0.1, 0.15) is 0 Å². The molecule has 3 N–H and O–H groups in total. The molecule has 5 rings (SSSR count). The van der Waals surface area contributed by atoms with Gasteiger partial charge in [0.25, 0.3) is 5.03 Å². The number of rotatable bonds is 8. The highest BCUT2D eigenvalue weighted by atomic mass is 32.2. The number of pyridine rings is 1. The molecular weight excluding hydrogens is 484 g/mol. The van der Waals surface area contributed by atoms with Crippen LogP contribution >= 0.6 is 11.8 Å². The number of nitrogens with zero attached hydrogens (tertiary/aromatic N) is 1. The third-order valence-electron chi connectivity index (χ3n) is 6.48. The Bertz CT molecular complexity index is 1330. The van der Waals surface area contributed by atoms with Crippen molar-refractivity contribution in [2.45, 2.75) is 43.1 Å². The number of hydrogen-bond acceptors (Lipinski definition) is 6. The molecule has 0 saturated carbocycles. The number of nitrogens with two attached hydrogens (primary N) is 1. The Balaban J connectivity index is 1.41. The van der Waals surface area contributed by atoms with Crippen molar-refractivity contribution in [3.05, 3.63) is 125 Å². The lowest BCUT2D eigenvalue weighted by molar-refractivity contribution is -0.645. The molecule has 4 aromatic rings. The quantitative estimate of drug-likeness (QED) is 0.189. The van der Waals surface area contributed by atoms with Crippen LogP contribution in [-0.4, -0.2) is 17.0 Å². The fourth-order valence-corrected chi connectivity index (χ4v) is 5.40. The predicted molar refractivity (Wildman–Crippen MR) is 144 cm³/mol. The SMILES string of the molecule is NCc1cccc(-c2cccc([C@@H]3O[C@H](CSc4cccc[n+]4[O-])C[C@H](c4ccc(CO)cc4)O3)c2)c1. The van der Waals surface area contributed by atoms with Gasteiger partial charge >= 0.3 is 0 Å². The number of thioether (sulfide) groups is 1. The van der Waals surface area contributed by atoms with E-state index in [1.807, 2.05) is 60.7 Å². The molecule has 3 aromatic carbocycles. The number of aliphatic hydroxyl groups excluding tert-OH is 1. The minimum Gasteiger partial charge on any atom is -0.618 e. The van der Waals surface area contributed by atoms with Gasteiger partial charge in [0, 0.05) is 36.4 Å². The van der Waals surface area contributed by atoms with Gasteiger partial charge in [0.05, 0.1) is 18.8 Å². The Kier molecular flexibility index (Phi) is 8.18. The van der Waals surface area contributed by atoms with Gasteiger partial charge in [-0.15, -0.1) is 0 Å². The summed E-state index contributed by atoms with van der Waals surface area (Å²) >= 11 is 1.48. The molecule has 0 bridgehead atoms. The fourth-order valence-electron chi connectivity index (χ4n) is 4.47. The van der Waals surface area contributed by atoms with Crippen LogP contribution in [0.15, 0.2) is 102 Å². The third kappa shape index (κ3) is 6.21. The second-order valence-electron chi connectivity index (χ2n) is 9.06. The summed E-state index contributed by atoms with van der Waals surface area (Å²) in [5.74, 6) is 0.621. The molecule has 0 amide bonds. The Morgan fingerprint density at radius 3 is 2.41 bits per heavy atom. The molecule has 2 heterocycles. The Morgan fingerprint density at radius 1 is 0.865 bits per heavy atom. The molecule has 1 aliphatic rings. The van der Waals surface area contributed by atoms with Crippen LogP contribution < -0.4 is 10.5 Å². The normalized spacial score (nSPS) is 19.6. The highest BCUT2D eigenvalue weighted by Crippen LogP contribution is 2.40. The predicted octanol–water partition coefficient (Wildman–Crippen LogP) is 5.28. The van der Waals surface area contributed by atoms with Gasteiger partial charge < -0.3 is 25.5 Å². The van der Waals surface area contributed by atoms with E-state index in [0.717, 1.165) is 38.1 Å². The highest BCUT2D eigenvalue weighted by molar-refractivity contribution is 7.99. The molecule has 6 nitrogen and oxygen atoms in total. The van der Waals surface area contributed by atoms with Crippen LogP contribution in [0.3, 0.4) is 0 Å². The first-order valence-corrected chi connectivity index (χ1v) is 13.3. The van der Waals surface area contributed by atoms with Crippen LogP contribution in [0.1, 0.15) is 41.1 Å². The van der Waals surface area contributed by atoms with E-state index in [4.69, 9.17) is 15.2 Å². The molecule has 1 aliphatic heterocycles. The summed E-state index contributed by atoms with van der Waals surface area (Å²) < 4.78 is 13.8. The van der Waals surface area contributed by atoms with Gasteiger partial charge in [0.2, 0.25) is 0 Å². The Morgan fingerprint density at radius 2 is 1.65 bits per heavy atom. The van der Waals surface area contributed by atoms with Crippen molar-refractivity contribution in [2.24, 2.45) is 5.73 Å². The van der Waals surface area contributed by atoms with Crippen molar-refractivity contribution in [1.29, 1.82) is 0 Å². The zero-order chi connectivity index (χ0) is 25.6. The monoisotopic (exact) mass is 514 g/mol. The first-order chi connectivity index (χ1) is 18.1. The molecule has 1 fully saturated rings. The average Bonchev–Trinajstić information content (AvgIpc) is 2.97. The van der Waals surface area contributed by atoms with Gasteiger partial charge in [-0.2, -0.15) is 4.73 Å². The molecular formula is C30H30N2O4S. The summed E-state index contributed by atoms with van der Waals surface area (Å²) in [6.45, 7) is 0.491. The van der Waals surface area contributed by atoms with Gasteiger partial charge in [-0.25, -0.2) is 0 Å². The zero-order valence-corrected chi connectivity index (χ0v) is 21.2. The molecule has 7 heteroatoms. The maximum absolute atomic E-state index is 12.1. The van der Waals surface area contributed by atoms with Crippen LogP contribution in [-0.2, 0) is 22.6 Å². The van der Waals surface area contributed by atoms with E-state index in [1.165, 1.54) is 18.0 Å². The summed E-state index contributed by atoms with van der Waals surface area (Å²) in [5, 5.41) is 22.2. The highest BCUT2D eigenvalue weighted by Gasteiger charge is 2.32. The van der Waals surface area contributed by atoms with E-state index < -0.39 is 6.29 Å². The van der Waals surface area contributed by atoms with E-state index in [0.29, 0.717) is 23.7 Å². The molecule has 190 valence electrons. The van der Waals surface area contributed by atoms with Crippen molar-refractivity contribution < 1.29 is 19.3 Å². The molecule has 37 heavy (non-hydrogen) atoms.